The minimum atomic E-state index is -3.62. The van der Waals surface area contributed by atoms with Crippen molar-refractivity contribution in [1.29, 1.82) is 0 Å². The summed E-state index contributed by atoms with van der Waals surface area (Å²) >= 11 is 0. The van der Waals surface area contributed by atoms with E-state index in [9.17, 15) is 13.5 Å². The van der Waals surface area contributed by atoms with E-state index in [1.54, 1.807) is 7.05 Å². The Kier molecular flexibility index (Phi) is 19.0. The van der Waals surface area contributed by atoms with Crippen LogP contribution in [-0.4, -0.2) is 39.2 Å². The van der Waals surface area contributed by atoms with E-state index in [0.717, 1.165) is 19.3 Å². The van der Waals surface area contributed by atoms with Gasteiger partial charge in [-0.05, 0) is 19.9 Å². The molecular weight excluding hydrogens is 313 g/mol. The van der Waals surface area contributed by atoms with Crippen molar-refractivity contribution in [2.24, 2.45) is 0 Å². The van der Waals surface area contributed by atoms with Gasteiger partial charge in [0.2, 0.25) is 0 Å². The molecule has 0 fully saturated rings. The van der Waals surface area contributed by atoms with Gasteiger partial charge in [0, 0.05) is 6.54 Å². The van der Waals surface area contributed by atoms with Crippen molar-refractivity contribution >= 4 is 10.1 Å². The summed E-state index contributed by atoms with van der Waals surface area (Å²) < 4.78 is 27.6. The van der Waals surface area contributed by atoms with Gasteiger partial charge in [-0.3, -0.25) is 0 Å². The molecule has 0 saturated heterocycles. The zero-order valence-electron chi connectivity index (χ0n) is 15.6. The predicted octanol–water partition coefficient (Wildman–Crippen LogP) is -0.0920. The summed E-state index contributed by atoms with van der Waals surface area (Å²) in [6, 6.07) is 0. The molecule has 0 rings (SSSR count). The van der Waals surface area contributed by atoms with Crippen LogP contribution in [0.4, 0.5) is 0 Å². The second-order valence-corrected chi connectivity index (χ2v) is 7.25. The summed E-state index contributed by atoms with van der Waals surface area (Å²) in [5, 5.41) is 12.3. The van der Waals surface area contributed by atoms with Gasteiger partial charge in [0.1, 0.15) is 0 Å². The molecule has 0 aromatic rings. The molecule has 0 aliphatic rings. The molecule has 7 heteroatoms. The van der Waals surface area contributed by atoms with Crippen LogP contribution in [0, 0.1) is 0 Å². The van der Waals surface area contributed by atoms with Gasteiger partial charge < -0.3 is 11.8 Å². The van der Waals surface area contributed by atoms with E-state index in [1.807, 2.05) is 0 Å². The summed E-state index contributed by atoms with van der Waals surface area (Å²) in [7, 11) is -1.94. The van der Waals surface area contributed by atoms with Crippen LogP contribution in [0.3, 0.4) is 0 Å². The summed E-state index contributed by atoms with van der Waals surface area (Å²) in [5.41, 5.74) is 0. The van der Waals surface area contributed by atoms with Gasteiger partial charge in [-0.15, -0.1) is 0 Å². The first-order valence-corrected chi connectivity index (χ1v) is 9.83. The van der Waals surface area contributed by atoms with Gasteiger partial charge in [-0.2, -0.15) is 8.42 Å². The van der Waals surface area contributed by atoms with Crippen molar-refractivity contribution in [2.45, 2.75) is 77.4 Å². The largest absolute Gasteiger partial charge is 1.00 e. The summed E-state index contributed by atoms with van der Waals surface area (Å²) in [6.45, 7) is 2.54. The number of aliphatic hydroxyl groups excluding tert-OH is 1. The van der Waals surface area contributed by atoms with E-state index >= 15 is 0 Å². The molecule has 0 amide bonds. The summed E-state index contributed by atoms with van der Waals surface area (Å²) in [4.78, 5) is 0. The minimum Gasteiger partial charge on any atom is -1.00 e. The molecule has 0 aliphatic heterocycles. The second kappa shape index (κ2) is 16.7. The molecule has 0 bridgehead atoms. The minimum absolute atomic E-state index is 0. The number of hydrogen-bond donors (Lipinski definition) is 2. The Morgan fingerprint density at radius 1 is 1.05 bits per heavy atom. The number of aliphatic hydroxyl groups is 1. The maximum atomic E-state index is 11.4. The Morgan fingerprint density at radius 3 is 2.05 bits per heavy atom. The van der Waals surface area contributed by atoms with Crippen molar-refractivity contribution < 1.29 is 48.7 Å². The molecule has 0 radical (unpaired) electrons. The zero-order valence-corrected chi connectivity index (χ0v) is 17.5. The third kappa shape index (κ3) is 17.2. The Balaban J connectivity index is -0.00000200. The van der Waals surface area contributed by atoms with Gasteiger partial charge in [0.25, 0.3) is 10.1 Å². The van der Waals surface area contributed by atoms with E-state index in [0.29, 0.717) is 13.0 Å². The molecule has 130 valence electrons. The molecule has 0 aliphatic carbocycles. The topological polar surface area (TPSA) is 75.6 Å². The average Bonchev–Trinajstić information content (AvgIpc) is 2.43. The molecular formula is C15H34NNaO4S. The normalized spacial score (nSPS) is 12.9. The van der Waals surface area contributed by atoms with Crippen LogP contribution in [0.5, 0.6) is 0 Å². The van der Waals surface area contributed by atoms with Crippen LogP contribution >= 0.6 is 0 Å². The first-order chi connectivity index (χ1) is 10.0. The number of rotatable bonds is 15. The fraction of sp³-hybridized carbons (Fsp3) is 1.00. The number of hydrogen-bond acceptors (Lipinski definition) is 5. The maximum absolute atomic E-state index is 11.4. The Hall–Kier alpha value is 0.830. The van der Waals surface area contributed by atoms with Crippen LogP contribution < -0.4 is 34.9 Å². The standard InChI is InChI=1S/C15H33NO4S.Na.H/c1-3-4-5-6-7-8-9-10-11-12-15(17)20-21(18,19)14-13-16-2;;/h15-17H,3-14H2,1-2H3;;/q;+1;-1. The van der Waals surface area contributed by atoms with Crippen molar-refractivity contribution in [3.05, 3.63) is 0 Å². The first-order valence-electron chi connectivity index (χ1n) is 8.25. The average molecular weight is 347 g/mol. The van der Waals surface area contributed by atoms with E-state index in [4.69, 9.17) is 4.18 Å². The molecule has 0 saturated carbocycles. The first kappa shape index (κ1) is 25.1. The van der Waals surface area contributed by atoms with Crippen molar-refractivity contribution in [3.63, 3.8) is 0 Å². The van der Waals surface area contributed by atoms with Crippen molar-refractivity contribution in [1.82, 2.24) is 5.32 Å². The molecule has 0 aromatic heterocycles. The molecule has 1 unspecified atom stereocenters. The van der Waals surface area contributed by atoms with E-state index in [-0.39, 0.29) is 36.7 Å². The molecule has 0 heterocycles. The van der Waals surface area contributed by atoms with Gasteiger partial charge in [-0.25, -0.2) is 4.18 Å². The molecule has 0 aromatic carbocycles. The third-order valence-corrected chi connectivity index (χ3v) is 4.63. The fourth-order valence-corrected chi connectivity index (χ4v) is 3.11. The summed E-state index contributed by atoms with van der Waals surface area (Å²) in [6.07, 6.45) is 9.88. The Labute approximate surface area is 160 Å². The smallest absolute Gasteiger partial charge is 1.00 e. The third-order valence-electron chi connectivity index (χ3n) is 3.41. The van der Waals surface area contributed by atoms with Crippen LogP contribution in [0.1, 0.15) is 72.6 Å². The van der Waals surface area contributed by atoms with E-state index < -0.39 is 16.4 Å². The van der Waals surface area contributed by atoms with Gasteiger partial charge in [0.05, 0.1) is 5.75 Å². The predicted molar refractivity (Wildman–Crippen MR) is 87.8 cm³/mol. The van der Waals surface area contributed by atoms with Crippen LogP contribution in [-0.2, 0) is 14.3 Å². The zero-order chi connectivity index (χ0) is 16.0. The monoisotopic (exact) mass is 347 g/mol. The van der Waals surface area contributed by atoms with Gasteiger partial charge >= 0.3 is 29.6 Å². The molecule has 5 nitrogen and oxygen atoms in total. The van der Waals surface area contributed by atoms with Crippen molar-refractivity contribution in [2.75, 3.05) is 19.3 Å². The Morgan fingerprint density at radius 2 is 1.55 bits per heavy atom. The van der Waals surface area contributed by atoms with Crippen LogP contribution in [0.25, 0.3) is 0 Å². The van der Waals surface area contributed by atoms with Crippen molar-refractivity contribution in [3.8, 4) is 0 Å². The van der Waals surface area contributed by atoms with Crippen LogP contribution in [0.2, 0.25) is 0 Å². The molecule has 22 heavy (non-hydrogen) atoms. The quantitative estimate of drug-likeness (QED) is 0.187. The fourth-order valence-electron chi connectivity index (χ4n) is 2.12. The molecule has 1 atom stereocenters. The number of unbranched alkanes of at least 4 members (excludes halogenated alkanes) is 8. The SMILES string of the molecule is CCCCCCCCCCCC(O)OS(=O)(=O)CCNC.[H-].[Na+]. The van der Waals surface area contributed by atoms with Gasteiger partial charge in [-0.1, -0.05) is 58.3 Å². The molecule has 2 N–H and O–H groups in total. The second-order valence-electron chi connectivity index (χ2n) is 5.53. The van der Waals surface area contributed by atoms with E-state index in [1.165, 1.54) is 38.5 Å². The summed E-state index contributed by atoms with van der Waals surface area (Å²) in [5.74, 6) is -0.113. The van der Waals surface area contributed by atoms with E-state index in [2.05, 4.69) is 12.2 Å². The Bertz CT molecular complexity index is 331. The van der Waals surface area contributed by atoms with Crippen LogP contribution in [0.15, 0.2) is 0 Å². The van der Waals surface area contributed by atoms with Gasteiger partial charge in [0.15, 0.2) is 6.29 Å². The maximum Gasteiger partial charge on any atom is 1.00 e. The number of nitrogens with one attached hydrogen (secondary N) is 1. The molecule has 0 spiro atoms.